The Hall–Kier alpha value is -1.22. The molecule has 16 heavy (non-hydrogen) atoms. The molecule has 88 valence electrons. The van der Waals surface area contributed by atoms with Crippen LogP contribution in [0.15, 0.2) is 24.3 Å². The number of hydrogen-bond acceptors (Lipinski definition) is 3. The Kier molecular flexibility index (Phi) is 5.12. The standard InChI is InChI=1S/C12H15ClO3/c1-3-9(12(14)15-2)8-16-11-6-4-10(13)5-7-11/h4-7,9H,3,8H2,1-2H3. The number of methoxy groups -OCH3 is 1. The third kappa shape index (κ3) is 3.74. The molecule has 0 N–H and O–H groups in total. The highest BCUT2D eigenvalue weighted by Gasteiger charge is 2.17. The minimum atomic E-state index is -0.239. The Balaban J connectivity index is 2.49. The molecule has 4 heteroatoms. The molecule has 0 saturated carbocycles. The van der Waals surface area contributed by atoms with Crippen molar-refractivity contribution in [3.05, 3.63) is 29.3 Å². The van der Waals surface area contributed by atoms with Crippen molar-refractivity contribution in [3.63, 3.8) is 0 Å². The molecular weight excluding hydrogens is 228 g/mol. The summed E-state index contributed by atoms with van der Waals surface area (Å²) >= 11 is 5.74. The van der Waals surface area contributed by atoms with Crippen molar-refractivity contribution < 1.29 is 14.3 Å². The highest BCUT2D eigenvalue weighted by Crippen LogP contribution is 2.17. The van der Waals surface area contributed by atoms with E-state index in [0.29, 0.717) is 23.8 Å². The lowest BCUT2D eigenvalue weighted by molar-refractivity contribution is -0.146. The normalized spacial score (nSPS) is 11.9. The van der Waals surface area contributed by atoms with E-state index in [1.54, 1.807) is 24.3 Å². The van der Waals surface area contributed by atoms with E-state index < -0.39 is 0 Å². The molecule has 1 aromatic rings. The number of carbonyl (C=O) groups excluding carboxylic acids is 1. The van der Waals surface area contributed by atoms with Crippen molar-refractivity contribution in [1.29, 1.82) is 0 Å². The van der Waals surface area contributed by atoms with E-state index in [1.165, 1.54) is 7.11 Å². The number of rotatable bonds is 5. The van der Waals surface area contributed by atoms with Crippen molar-refractivity contribution >= 4 is 17.6 Å². The number of benzene rings is 1. The van der Waals surface area contributed by atoms with E-state index >= 15 is 0 Å². The fourth-order valence-electron chi connectivity index (χ4n) is 1.25. The SMILES string of the molecule is CCC(COc1ccc(Cl)cc1)C(=O)OC. The summed E-state index contributed by atoms with van der Waals surface area (Å²) in [5.41, 5.74) is 0. The summed E-state index contributed by atoms with van der Waals surface area (Å²) in [5, 5.41) is 0.660. The lowest BCUT2D eigenvalue weighted by Crippen LogP contribution is -2.22. The maximum Gasteiger partial charge on any atom is 0.312 e. The molecule has 0 radical (unpaired) electrons. The van der Waals surface area contributed by atoms with E-state index in [1.807, 2.05) is 6.92 Å². The number of halogens is 1. The summed E-state index contributed by atoms with van der Waals surface area (Å²) in [7, 11) is 1.38. The molecular formula is C12H15ClO3. The lowest BCUT2D eigenvalue weighted by Gasteiger charge is -2.13. The van der Waals surface area contributed by atoms with Crippen LogP contribution in [0.2, 0.25) is 5.02 Å². The van der Waals surface area contributed by atoms with Crippen LogP contribution in [0, 0.1) is 5.92 Å². The van der Waals surface area contributed by atoms with Gasteiger partial charge in [0.2, 0.25) is 0 Å². The summed E-state index contributed by atoms with van der Waals surface area (Å²) in [4.78, 5) is 11.3. The van der Waals surface area contributed by atoms with E-state index in [2.05, 4.69) is 4.74 Å². The van der Waals surface area contributed by atoms with Crippen LogP contribution in [0.25, 0.3) is 0 Å². The van der Waals surface area contributed by atoms with E-state index in [9.17, 15) is 4.79 Å². The third-order valence-electron chi connectivity index (χ3n) is 2.29. The average Bonchev–Trinajstić information content (AvgIpc) is 2.31. The van der Waals surface area contributed by atoms with Gasteiger partial charge in [-0.25, -0.2) is 0 Å². The van der Waals surface area contributed by atoms with Crippen molar-refractivity contribution in [2.75, 3.05) is 13.7 Å². The van der Waals surface area contributed by atoms with Crippen LogP contribution in [0.3, 0.4) is 0 Å². The van der Waals surface area contributed by atoms with Crippen molar-refractivity contribution in [3.8, 4) is 5.75 Å². The van der Waals surface area contributed by atoms with Gasteiger partial charge in [-0.3, -0.25) is 4.79 Å². The Labute approximate surface area is 100 Å². The zero-order valence-electron chi connectivity index (χ0n) is 9.40. The Morgan fingerprint density at radius 2 is 2.00 bits per heavy atom. The summed E-state index contributed by atoms with van der Waals surface area (Å²) in [6, 6.07) is 7.03. The number of ether oxygens (including phenoxy) is 2. The zero-order valence-corrected chi connectivity index (χ0v) is 10.2. The second-order valence-corrected chi connectivity index (χ2v) is 3.83. The first-order valence-corrected chi connectivity index (χ1v) is 5.51. The van der Waals surface area contributed by atoms with Gasteiger partial charge < -0.3 is 9.47 Å². The molecule has 0 fully saturated rings. The molecule has 0 saturated heterocycles. The fraction of sp³-hybridized carbons (Fsp3) is 0.417. The van der Waals surface area contributed by atoms with Gasteiger partial charge in [-0.15, -0.1) is 0 Å². The fourth-order valence-corrected chi connectivity index (χ4v) is 1.37. The van der Waals surface area contributed by atoms with Gasteiger partial charge in [0, 0.05) is 5.02 Å². The molecule has 0 amide bonds. The van der Waals surface area contributed by atoms with Gasteiger partial charge in [0.05, 0.1) is 13.0 Å². The topological polar surface area (TPSA) is 35.5 Å². The smallest absolute Gasteiger partial charge is 0.312 e. The zero-order chi connectivity index (χ0) is 12.0. The molecule has 0 aliphatic carbocycles. The van der Waals surface area contributed by atoms with E-state index in [4.69, 9.17) is 16.3 Å². The predicted molar refractivity (Wildman–Crippen MR) is 62.7 cm³/mol. The second kappa shape index (κ2) is 6.38. The molecule has 0 aliphatic rings. The van der Waals surface area contributed by atoms with Crippen LogP contribution in [-0.2, 0) is 9.53 Å². The summed E-state index contributed by atoms with van der Waals surface area (Å²) in [6.45, 7) is 2.25. The lowest BCUT2D eigenvalue weighted by atomic mass is 10.1. The number of hydrogen-bond donors (Lipinski definition) is 0. The van der Waals surface area contributed by atoms with Gasteiger partial charge in [-0.05, 0) is 30.7 Å². The molecule has 1 unspecified atom stereocenters. The van der Waals surface area contributed by atoms with E-state index in [0.717, 1.165) is 0 Å². The summed E-state index contributed by atoms with van der Waals surface area (Å²) in [5.74, 6) is 0.240. The molecule has 1 rings (SSSR count). The van der Waals surface area contributed by atoms with Crippen molar-refractivity contribution in [1.82, 2.24) is 0 Å². The quantitative estimate of drug-likeness (QED) is 0.745. The van der Waals surface area contributed by atoms with Crippen LogP contribution in [0.1, 0.15) is 13.3 Å². The Bertz CT molecular complexity index is 335. The molecule has 1 aromatic carbocycles. The second-order valence-electron chi connectivity index (χ2n) is 3.39. The Morgan fingerprint density at radius 3 is 2.50 bits per heavy atom. The molecule has 0 aromatic heterocycles. The van der Waals surface area contributed by atoms with Gasteiger partial charge in [0.1, 0.15) is 12.4 Å². The first-order valence-electron chi connectivity index (χ1n) is 5.13. The highest BCUT2D eigenvalue weighted by molar-refractivity contribution is 6.30. The molecule has 0 aliphatic heterocycles. The average molecular weight is 243 g/mol. The van der Waals surface area contributed by atoms with Gasteiger partial charge in [0.25, 0.3) is 0 Å². The minimum absolute atomic E-state index is 0.222. The highest BCUT2D eigenvalue weighted by atomic mass is 35.5. The largest absolute Gasteiger partial charge is 0.493 e. The maximum absolute atomic E-state index is 11.3. The van der Waals surface area contributed by atoms with Gasteiger partial charge in [0.15, 0.2) is 0 Å². The molecule has 3 nitrogen and oxygen atoms in total. The molecule has 0 bridgehead atoms. The number of esters is 1. The van der Waals surface area contributed by atoms with Gasteiger partial charge in [-0.1, -0.05) is 18.5 Å². The Morgan fingerprint density at radius 1 is 1.38 bits per heavy atom. The van der Waals surface area contributed by atoms with Gasteiger partial charge in [-0.2, -0.15) is 0 Å². The van der Waals surface area contributed by atoms with E-state index in [-0.39, 0.29) is 11.9 Å². The van der Waals surface area contributed by atoms with Crippen molar-refractivity contribution in [2.45, 2.75) is 13.3 Å². The predicted octanol–water partition coefficient (Wildman–Crippen LogP) is 2.92. The van der Waals surface area contributed by atoms with Gasteiger partial charge >= 0.3 is 5.97 Å². The monoisotopic (exact) mass is 242 g/mol. The molecule has 0 heterocycles. The minimum Gasteiger partial charge on any atom is -0.493 e. The summed E-state index contributed by atoms with van der Waals surface area (Å²) in [6.07, 6.45) is 0.695. The van der Waals surface area contributed by atoms with Crippen LogP contribution >= 0.6 is 11.6 Å². The number of carbonyl (C=O) groups is 1. The van der Waals surface area contributed by atoms with Crippen molar-refractivity contribution in [2.24, 2.45) is 5.92 Å². The first-order chi connectivity index (χ1) is 7.67. The van der Waals surface area contributed by atoms with Crippen LogP contribution in [0.4, 0.5) is 0 Å². The van der Waals surface area contributed by atoms with Crippen LogP contribution < -0.4 is 4.74 Å². The van der Waals surface area contributed by atoms with Crippen LogP contribution in [0.5, 0.6) is 5.75 Å². The summed E-state index contributed by atoms with van der Waals surface area (Å²) < 4.78 is 10.1. The molecule has 1 atom stereocenters. The third-order valence-corrected chi connectivity index (χ3v) is 2.54. The molecule has 0 spiro atoms. The first kappa shape index (κ1) is 12.8. The maximum atomic E-state index is 11.3. The van der Waals surface area contributed by atoms with Crippen LogP contribution in [-0.4, -0.2) is 19.7 Å².